The Kier molecular flexibility index (Phi) is 5.25. The molecule has 7 heterocycles. The van der Waals surface area contributed by atoms with Crippen LogP contribution in [-0.2, 0) is 26.2 Å². The molecule has 8 bridgehead atoms. The molecule has 0 amide bonds. The van der Waals surface area contributed by atoms with Crippen molar-refractivity contribution in [2.45, 2.75) is 26.2 Å². The van der Waals surface area contributed by atoms with Crippen molar-refractivity contribution < 1.29 is 0 Å². The predicted octanol–water partition coefficient (Wildman–Crippen LogP) is 3.49. The van der Waals surface area contributed by atoms with Crippen LogP contribution >= 0.6 is 0 Å². The van der Waals surface area contributed by atoms with E-state index in [-0.39, 0.29) is 0 Å². The average molecular weight is 394 g/mol. The third-order valence-corrected chi connectivity index (χ3v) is 5.08. The standard InChI is InChI=1S/C24H22N6/c1-3-21-15-25-13-19-9-7-17(11-27-19)18-8-10-20(28-12-18)14-26-16-22-4-2-6-24(30-22)23(5-1)29-21/h1-12,25-26H,13-16H2. The van der Waals surface area contributed by atoms with E-state index in [0.717, 1.165) is 45.3 Å². The highest BCUT2D eigenvalue weighted by molar-refractivity contribution is 5.61. The summed E-state index contributed by atoms with van der Waals surface area (Å²) in [5, 5.41) is 6.85. The van der Waals surface area contributed by atoms with E-state index in [1.807, 2.05) is 48.8 Å². The normalized spacial score (nSPS) is 13.9. The fourth-order valence-corrected chi connectivity index (χ4v) is 3.48. The van der Waals surface area contributed by atoms with Gasteiger partial charge in [0.25, 0.3) is 0 Å². The molecule has 0 fully saturated rings. The van der Waals surface area contributed by atoms with Crippen LogP contribution in [0.15, 0.2) is 73.1 Å². The lowest BCUT2D eigenvalue weighted by Crippen LogP contribution is -2.15. The average Bonchev–Trinajstić information content (AvgIpc) is 2.80. The zero-order valence-corrected chi connectivity index (χ0v) is 16.5. The molecule has 4 aromatic rings. The van der Waals surface area contributed by atoms with Crippen LogP contribution < -0.4 is 10.6 Å². The van der Waals surface area contributed by atoms with Crippen molar-refractivity contribution in [2.75, 3.05) is 0 Å². The van der Waals surface area contributed by atoms with Gasteiger partial charge in [0, 0.05) is 49.7 Å². The number of rotatable bonds is 0. The maximum atomic E-state index is 4.78. The van der Waals surface area contributed by atoms with Crippen LogP contribution in [0.1, 0.15) is 22.8 Å². The Hall–Kier alpha value is -3.48. The number of nitrogens with one attached hydrogen (secondary N) is 2. The first-order valence-electron chi connectivity index (χ1n) is 10.1. The molecule has 6 nitrogen and oxygen atoms in total. The van der Waals surface area contributed by atoms with Gasteiger partial charge in [-0.05, 0) is 36.4 Å². The van der Waals surface area contributed by atoms with E-state index in [4.69, 9.17) is 9.97 Å². The van der Waals surface area contributed by atoms with Crippen molar-refractivity contribution in [3.05, 3.63) is 95.8 Å². The highest BCUT2D eigenvalue weighted by atomic mass is 14.9. The van der Waals surface area contributed by atoms with Crippen LogP contribution in [0.25, 0.3) is 22.5 Å². The monoisotopic (exact) mass is 394 g/mol. The highest BCUT2D eigenvalue weighted by Crippen LogP contribution is 2.19. The molecule has 4 aromatic heterocycles. The van der Waals surface area contributed by atoms with Gasteiger partial charge in [-0.15, -0.1) is 0 Å². The number of nitrogens with zero attached hydrogens (tertiary/aromatic N) is 4. The van der Waals surface area contributed by atoms with Crippen LogP contribution in [0.3, 0.4) is 0 Å². The molecular formula is C24H22N6. The molecule has 0 aliphatic carbocycles. The van der Waals surface area contributed by atoms with Gasteiger partial charge in [-0.3, -0.25) is 9.97 Å². The molecule has 7 rings (SSSR count). The molecule has 30 heavy (non-hydrogen) atoms. The van der Waals surface area contributed by atoms with Gasteiger partial charge in [-0.1, -0.05) is 24.3 Å². The zero-order valence-electron chi connectivity index (χ0n) is 16.5. The minimum atomic E-state index is 0.671. The van der Waals surface area contributed by atoms with E-state index in [2.05, 4.69) is 44.9 Å². The third-order valence-electron chi connectivity index (χ3n) is 5.08. The molecule has 0 radical (unpaired) electrons. The second-order valence-electron chi connectivity index (χ2n) is 7.31. The van der Waals surface area contributed by atoms with Crippen molar-refractivity contribution in [3.63, 3.8) is 0 Å². The fraction of sp³-hybridized carbons (Fsp3) is 0.167. The molecule has 0 unspecified atom stereocenters. The van der Waals surface area contributed by atoms with Crippen molar-refractivity contribution >= 4 is 0 Å². The molecular weight excluding hydrogens is 372 g/mol. The van der Waals surface area contributed by atoms with Gasteiger partial charge in [-0.2, -0.15) is 0 Å². The molecule has 0 saturated heterocycles. The lowest BCUT2D eigenvalue weighted by Gasteiger charge is -2.10. The molecule has 0 atom stereocenters. The Balaban J connectivity index is 1.46. The predicted molar refractivity (Wildman–Crippen MR) is 116 cm³/mol. The largest absolute Gasteiger partial charge is 0.306 e. The van der Waals surface area contributed by atoms with Crippen LogP contribution in [0.5, 0.6) is 0 Å². The number of hydrogen-bond acceptors (Lipinski definition) is 6. The summed E-state index contributed by atoms with van der Waals surface area (Å²) >= 11 is 0. The maximum absolute atomic E-state index is 4.78. The van der Waals surface area contributed by atoms with Gasteiger partial charge in [0.1, 0.15) is 0 Å². The number of fused-ring (bicyclic) bond motifs is 2. The van der Waals surface area contributed by atoms with Crippen molar-refractivity contribution in [2.24, 2.45) is 0 Å². The van der Waals surface area contributed by atoms with Crippen molar-refractivity contribution in [1.29, 1.82) is 0 Å². The summed E-state index contributed by atoms with van der Waals surface area (Å²) in [5.41, 5.74) is 7.84. The number of aromatic nitrogens is 4. The topological polar surface area (TPSA) is 75.6 Å². The first kappa shape index (κ1) is 18.5. The van der Waals surface area contributed by atoms with Crippen LogP contribution in [0.2, 0.25) is 0 Å². The lowest BCUT2D eigenvalue weighted by molar-refractivity contribution is 0.665. The van der Waals surface area contributed by atoms with Crippen molar-refractivity contribution in [1.82, 2.24) is 30.6 Å². The molecule has 6 heteroatoms. The van der Waals surface area contributed by atoms with Gasteiger partial charge in [0.05, 0.1) is 34.2 Å². The van der Waals surface area contributed by atoms with Gasteiger partial charge in [0.15, 0.2) is 0 Å². The lowest BCUT2D eigenvalue weighted by atomic mass is 10.1. The number of hydrogen-bond donors (Lipinski definition) is 2. The summed E-state index contributed by atoms with van der Waals surface area (Å²) in [6, 6.07) is 20.4. The first-order chi connectivity index (χ1) is 14.8. The van der Waals surface area contributed by atoms with E-state index in [0.29, 0.717) is 26.2 Å². The van der Waals surface area contributed by atoms with E-state index in [1.165, 1.54) is 0 Å². The molecule has 3 aliphatic rings. The van der Waals surface area contributed by atoms with E-state index >= 15 is 0 Å². The van der Waals surface area contributed by atoms with E-state index in [9.17, 15) is 0 Å². The maximum Gasteiger partial charge on any atom is 0.0890 e. The van der Waals surface area contributed by atoms with Gasteiger partial charge in [-0.25, -0.2) is 9.97 Å². The Bertz CT molecular complexity index is 1050. The quantitative estimate of drug-likeness (QED) is 0.476. The third kappa shape index (κ3) is 4.25. The Morgan fingerprint density at radius 2 is 0.967 bits per heavy atom. The smallest absolute Gasteiger partial charge is 0.0890 e. The Labute approximate surface area is 175 Å². The van der Waals surface area contributed by atoms with Crippen molar-refractivity contribution in [3.8, 4) is 22.5 Å². The fourth-order valence-electron chi connectivity index (χ4n) is 3.48. The van der Waals surface area contributed by atoms with Gasteiger partial charge >= 0.3 is 0 Å². The molecule has 3 aliphatic heterocycles. The first-order valence-corrected chi connectivity index (χ1v) is 10.1. The summed E-state index contributed by atoms with van der Waals surface area (Å²) in [6.07, 6.45) is 3.81. The molecule has 0 spiro atoms. The molecule has 148 valence electrons. The second kappa shape index (κ2) is 8.49. The van der Waals surface area contributed by atoms with Gasteiger partial charge < -0.3 is 10.6 Å². The van der Waals surface area contributed by atoms with Crippen LogP contribution in [0.4, 0.5) is 0 Å². The highest BCUT2D eigenvalue weighted by Gasteiger charge is 2.06. The number of pyridine rings is 4. The van der Waals surface area contributed by atoms with Crippen LogP contribution in [0, 0.1) is 0 Å². The van der Waals surface area contributed by atoms with E-state index in [1.54, 1.807) is 0 Å². The summed E-state index contributed by atoms with van der Waals surface area (Å²) in [6.45, 7) is 2.71. The van der Waals surface area contributed by atoms with Gasteiger partial charge in [0.2, 0.25) is 0 Å². The SMILES string of the molecule is c1cc2nc(c1)-c1cccc(n1)CNCc1ccc(cn1)-c1ccc(nc1)CNC2. The zero-order chi connectivity index (χ0) is 20.2. The minimum absolute atomic E-state index is 0.671. The summed E-state index contributed by atoms with van der Waals surface area (Å²) in [7, 11) is 0. The van der Waals surface area contributed by atoms with E-state index < -0.39 is 0 Å². The summed E-state index contributed by atoms with van der Waals surface area (Å²) < 4.78 is 0. The minimum Gasteiger partial charge on any atom is -0.306 e. The molecule has 0 aromatic carbocycles. The van der Waals surface area contributed by atoms with Crippen LogP contribution in [-0.4, -0.2) is 19.9 Å². The molecule has 0 saturated carbocycles. The molecule has 2 N–H and O–H groups in total. The summed E-state index contributed by atoms with van der Waals surface area (Å²) in [4.78, 5) is 18.7. The summed E-state index contributed by atoms with van der Waals surface area (Å²) in [5.74, 6) is 0. The Morgan fingerprint density at radius 3 is 1.40 bits per heavy atom. The Morgan fingerprint density at radius 1 is 0.500 bits per heavy atom. The second-order valence-corrected chi connectivity index (χ2v) is 7.31.